The summed E-state index contributed by atoms with van der Waals surface area (Å²) >= 11 is 0. The number of aromatic hydroxyl groups is 1. The van der Waals surface area contributed by atoms with Crippen LogP contribution in [-0.4, -0.2) is 18.2 Å². The van der Waals surface area contributed by atoms with Crippen molar-refractivity contribution in [3.63, 3.8) is 0 Å². The number of hydrogen-bond acceptors (Lipinski definition) is 3. The molecule has 0 heterocycles. The molecule has 0 unspecified atom stereocenters. The maximum Gasteiger partial charge on any atom is 0.341 e. The van der Waals surface area contributed by atoms with Gasteiger partial charge in [0.05, 0.1) is 7.11 Å². The Hall–Kier alpha value is -1.58. The van der Waals surface area contributed by atoms with Crippen LogP contribution in [0.4, 0.5) is 4.39 Å². The van der Waals surface area contributed by atoms with Gasteiger partial charge in [-0.2, -0.15) is 0 Å². The Kier molecular flexibility index (Phi) is 2.74. The van der Waals surface area contributed by atoms with Crippen molar-refractivity contribution < 1.29 is 19.0 Å². The van der Waals surface area contributed by atoms with Crippen LogP contribution < -0.4 is 0 Å². The molecule has 1 N–H and O–H groups in total. The summed E-state index contributed by atoms with van der Waals surface area (Å²) in [5.41, 5.74) is 0.536. The first-order valence-corrected chi connectivity index (χ1v) is 4.06. The fourth-order valence-corrected chi connectivity index (χ4v) is 1.13. The van der Waals surface area contributed by atoms with Crippen LogP contribution in [0.15, 0.2) is 6.07 Å². The minimum atomic E-state index is -0.746. The monoisotopic (exact) mass is 198 g/mol. The fraction of sp³-hybridized carbons (Fsp3) is 0.300. The van der Waals surface area contributed by atoms with Gasteiger partial charge < -0.3 is 9.84 Å². The van der Waals surface area contributed by atoms with E-state index in [0.29, 0.717) is 11.1 Å². The number of rotatable bonds is 1. The number of phenolic OH excluding ortho intramolecular Hbond substituents is 1. The van der Waals surface area contributed by atoms with Gasteiger partial charge in [-0.05, 0) is 31.0 Å². The predicted molar refractivity (Wildman–Crippen MR) is 48.9 cm³/mol. The Morgan fingerprint density at radius 3 is 2.50 bits per heavy atom. The van der Waals surface area contributed by atoms with Crippen molar-refractivity contribution in [3.8, 4) is 5.75 Å². The van der Waals surface area contributed by atoms with Crippen molar-refractivity contribution in [3.05, 3.63) is 28.6 Å². The van der Waals surface area contributed by atoms with E-state index in [2.05, 4.69) is 4.74 Å². The average Bonchev–Trinajstić information content (AvgIpc) is 2.19. The third kappa shape index (κ3) is 1.55. The number of hydrogen-bond donors (Lipinski definition) is 1. The van der Waals surface area contributed by atoms with Crippen LogP contribution in [0.2, 0.25) is 0 Å². The summed E-state index contributed by atoms with van der Waals surface area (Å²) in [6.07, 6.45) is 0. The van der Waals surface area contributed by atoms with E-state index in [0.717, 1.165) is 6.07 Å². The number of phenols is 1. The fourth-order valence-electron chi connectivity index (χ4n) is 1.13. The van der Waals surface area contributed by atoms with Gasteiger partial charge in [0.25, 0.3) is 0 Å². The standard InChI is InChI=1S/C10H11FO3/c1-5-6(2)9(12)7(4-8(5)11)10(13)14-3/h4,12H,1-3H3. The van der Waals surface area contributed by atoms with Crippen LogP contribution in [0.1, 0.15) is 21.5 Å². The lowest BCUT2D eigenvalue weighted by Crippen LogP contribution is -2.04. The molecule has 0 amide bonds. The largest absolute Gasteiger partial charge is 0.507 e. The molecule has 0 radical (unpaired) electrons. The first-order chi connectivity index (χ1) is 6.49. The minimum Gasteiger partial charge on any atom is -0.507 e. The molecule has 1 aromatic carbocycles. The van der Waals surface area contributed by atoms with E-state index >= 15 is 0 Å². The molecule has 0 spiro atoms. The Balaban J connectivity index is 3.40. The van der Waals surface area contributed by atoms with Gasteiger partial charge >= 0.3 is 5.97 Å². The number of methoxy groups -OCH3 is 1. The Morgan fingerprint density at radius 2 is 2.00 bits per heavy atom. The number of carbonyl (C=O) groups is 1. The Morgan fingerprint density at radius 1 is 1.43 bits per heavy atom. The van der Waals surface area contributed by atoms with E-state index in [-0.39, 0.29) is 11.3 Å². The minimum absolute atomic E-state index is 0.145. The highest BCUT2D eigenvalue weighted by molar-refractivity contribution is 5.93. The van der Waals surface area contributed by atoms with E-state index in [4.69, 9.17) is 0 Å². The predicted octanol–water partition coefficient (Wildman–Crippen LogP) is 1.93. The lowest BCUT2D eigenvalue weighted by molar-refractivity contribution is 0.0596. The molecule has 4 heteroatoms. The summed E-state index contributed by atoms with van der Waals surface area (Å²) in [6.45, 7) is 3.08. The normalized spacial score (nSPS) is 10.0. The molecule has 0 aliphatic rings. The summed E-state index contributed by atoms with van der Waals surface area (Å²) < 4.78 is 17.6. The van der Waals surface area contributed by atoms with Crippen LogP contribution in [0.3, 0.4) is 0 Å². The molecule has 0 fully saturated rings. The van der Waals surface area contributed by atoms with Gasteiger partial charge in [-0.15, -0.1) is 0 Å². The molecule has 14 heavy (non-hydrogen) atoms. The molecule has 1 aromatic rings. The number of halogens is 1. The molecule has 0 atom stereocenters. The van der Waals surface area contributed by atoms with Gasteiger partial charge in [-0.3, -0.25) is 0 Å². The smallest absolute Gasteiger partial charge is 0.341 e. The summed E-state index contributed by atoms with van der Waals surface area (Å²) in [4.78, 5) is 11.1. The highest BCUT2D eigenvalue weighted by Crippen LogP contribution is 2.27. The lowest BCUT2D eigenvalue weighted by Gasteiger charge is -2.08. The third-order valence-electron chi connectivity index (χ3n) is 2.21. The van der Waals surface area contributed by atoms with Crippen LogP contribution in [0, 0.1) is 19.7 Å². The number of ether oxygens (including phenoxy) is 1. The van der Waals surface area contributed by atoms with Crippen molar-refractivity contribution in [2.45, 2.75) is 13.8 Å². The molecule has 0 saturated carbocycles. The zero-order valence-electron chi connectivity index (χ0n) is 8.22. The zero-order chi connectivity index (χ0) is 10.9. The van der Waals surface area contributed by atoms with Gasteiger partial charge in [0.2, 0.25) is 0 Å². The van der Waals surface area contributed by atoms with E-state index in [9.17, 15) is 14.3 Å². The summed E-state index contributed by atoms with van der Waals surface area (Å²) in [5.74, 6) is -1.50. The van der Waals surface area contributed by atoms with E-state index in [1.165, 1.54) is 14.0 Å². The Bertz CT molecular complexity index is 385. The van der Waals surface area contributed by atoms with Gasteiger partial charge in [0.1, 0.15) is 17.1 Å². The third-order valence-corrected chi connectivity index (χ3v) is 2.21. The topological polar surface area (TPSA) is 46.5 Å². The number of carbonyl (C=O) groups excluding carboxylic acids is 1. The first-order valence-electron chi connectivity index (χ1n) is 4.06. The van der Waals surface area contributed by atoms with Crippen LogP contribution in [0.25, 0.3) is 0 Å². The van der Waals surface area contributed by atoms with Crippen LogP contribution in [0.5, 0.6) is 5.75 Å². The molecule has 0 aromatic heterocycles. The second-order valence-electron chi connectivity index (χ2n) is 3.00. The van der Waals surface area contributed by atoms with Gasteiger partial charge in [-0.25, -0.2) is 9.18 Å². The van der Waals surface area contributed by atoms with Crippen molar-refractivity contribution in [1.29, 1.82) is 0 Å². The lowest BCUT2D eigenvalue weighted by atomic mass is 10.0. The van der Waals surface area contributed by atoms with E-state index in [1.807, 2.05) is 0 Å². The second kappa shape index (κ2) is 3.65. The summed E-state index contributed by atoms with van der Waals surface area (Å²) in [5, 5.41) is 9.54. The molecule has 0 aliphatic carbocycles. The SMILES string of the molecule is COC(=O)c1cc(F)c(C)c(C)c1O. The van der Waals surface area contributed by atoms with Crippen molar-refractivity contribution in [2.75, 3.05) is 7.11 Å². The zero-order valence-corrected chi connectivity index (χ0v) is 8.22. The molecule has 1 rings (SSSR count). The molecular weight excluding hydrogens is 187 g/mol. The van der Waals surface area contributed by atoms with Crippen molar-refractivity contribution in [1.82, 2.24) is 0 Å². The van der Waals surface area contributed by atoms with Crippen LogP contribution in [-0.2, 0) is 4.74 Å². The highest BCUT2D eigenvalue weighted by atomic mass is 19.1. The van der Waals surface area contributed by atoms with Crippen LogP contribution >= 0.6 is 0 Å². The average molecular weight is 198 g/mol. The molecule has 76 valence electrons. The highest BCUT2D eigenvalue weighted by Gasteiger charge is 2.17. The maximum atomic E-state index is 13.2. The summed E-state index contributed by atoms with van der Waals surface area (Å²) in [7, 11) is 1.18. The molecule has 3 nitrogen and oxygen atoms in total. The number of benzene rings is 1. The second-order valence-corrected chi connectivity index (χ2v) is 3.00. The van der Waals surface area contributed by atoms with E-state index < -0.39 is 11.8 Å². The van der Waals surface area contributed by atoms with Gasteiger partial charge in [-0.1, -0.05) is 0 Å². The van der Waals surface area contributed by atoms with E-state index in [1.54, 1.807) is 6.92 Å². The molecular formula is C10H11FO3. The molecule has 0 saturated heterocycles. The number of esters is 1. The quantitative estimate of drug-likeness (QED) is 0.701. The van der Waals surface area contributed by atoms with Gasteiger partial charge in [0.15, 0.2) is 0 Å². The maximum absolute atomic E-state index is 13.2. The first kappa shape index (κ1) is 10.5. The van der Waals surface area contributed by atoms with Gasteiger partial charge in [0, 0.05) is 0 Å². The molecule has 0 aliphatic heterocycles. The molecule has 0 bridgehead atoms. The summed E-state index contributed by atoms with van der Waals surface area (Å²) in [6, 6.07) is 0.976. The van der Waals surface area contributed by atoms with Crippen molar-refractivity contribution >= 4 is 5.97 Å². The Labute approximate surface area is 81.1 Å². The van der Waals surface area contributed by atoms with Crippen molar-refractivity contribution in [2.24, 2.45) is 0 Å².